The van der Waals surface area contributed by atoms with E-state index in [0.717, 1.165) is 29.5 Å². The molecule has 5 rings (SSSR count). The fourth-order valence-corrected chi connectivity index (χ4v) is 6.84. The molecule has 1 aliphatic heterocycles. The van der Waals surface area contributed by atoms with Crippen LogP contribution < -0.4 is 0 Å². The monoisotopic (exact) mass is 495 g/mol. The molecule has 0 aromatic heterocycles. The minimum absolute atomic E-state index is 0.809. The van der Waals surface area contributed by atoms with E-state index in [2.05, 4.69) is 47.4 Å². The summed E-state index contributed by atoms with van der Waals surface area (Å²) in [6.07, 6.45) is 15.2. The van der Waals surface area contributed by atoms with Gasteiger partial charge < -0.3 is 10.0 Å². The zero-order valence-electron chi connectivity index (χ0n) is 22.7. The Bertz CT molecular complexity index is 1110. The van der Waals surface area contributed by atoms with Crippen LogP contribution in [-0.2, 0) is 12.0 Å². The van der Waals surface area contributed by atoms with Crippen molar-refractivity contribution in [1.29, 1.82) is 0 Å². The Kier molecular flexibility index (Phi) is 8.79. The van der Waals surface area contributed by atoms with Gasteiger partial charge in [0.2, 0.25) is 0 Å². The number of aliphatic hydroxyl groups is 1. The van der Waals surface area contributed by atoms with E-state index in [9.17, 15) is 5.11 Å². The molecule has 1 saturated heterocycles. The summed E-state index contributed by atoms with van der Waals surface area (Å²) in [5, 5.41) is 11.4. The van der Waals surface area contributed by atoms with Gasteiger partial charge in [-0.15, -0.1) is 0 Å². The molecule has 0 radical (unpaired) electrons. The fraction of sp³-hybridized carbons (Fsp3) is 0.486. The summed E-state index contributed by atoms with van der Waals surface area (Å²) in [5.74, 6) is 0.973. The van der Waals surface area contributed by atoms with Crippen LogP contribution in [0.3, 0.4) is 0 Å². The van der Waals surface area contributed by atoms with E-state index in [1.165, 1.54) is 94.0 Å². The Balaban J connectivity index is 1.26. The molecular weight excluding hydrogens is 450 g/mol. The highest BCUT2D eigenvalue weighted by Crippen LogP contribution is 2.34. The van der Waals surface area contributed by atoms with Crippen molar-refractivity contribution in [2.75, 3.05) is 13.1 Å². The number of nitrogens with zero attached hydrogens (tertiary/aromatic N) is 1. The standard InChI is InChI=1S/C35H45NO/c1-35(37,31-19-6-3-7-20-31)32-21-12-17-30(27-32)34-23-9-8-16-29(34)18-13-25-36-24-11-10-22-33(36)26-28-14-4-2-5-15-28/h3,6-9,12,16-17,19-21,23,27-28,33,37H,2,4-5,10-11,13-15,18,22,24-26H2,1H3. The Labute approximate surface area is 224 Å². The van der Waals surface area contributed by atoms with E-state index in [1.807, 2.05) is 43.3 Å². The average Bonchev–Trinajstić information content (AvgIpc) is 2.95. The van der Waals surface area contributed by atoms with Crippen molar-refractivity contribution in [3.8, 4) is 11.1 Å². The second-order valence-corrected chi connectivity index (χ2v) is 11.7. The third kappa shape index (κ3) is 6.54. The lowest BCUT2D eigenvalue weighted by molar-refractivity contribution is 0.102. The van der Waals surface area contributed by atoms with Crippen molar-refractivity contribution in [3.63, 3.8) is 0 Å². The van der Waals surface area contributed by atoms with E-state index in [-0.39, 0.29) is 0 Å². The molecule has 1 heterocycles. The van der Waals surface area contributed by atoms with Gasteiger partial charge in [-0.1, -0.05) is 111 Å². The van der Waals surface area contributed by atoms with Crippen molar-refractivity contribution in [2.24, 2.45) is 5.92 Å². The SMILES string of the molecule is CC(O)(c1ccccc1)c1cccc(-c2ccccc2CCCN2CCCCC2CC2CCCCC2)c1. The first-order chi connectivity index (χ1) is 18.1. The molecule has 2 atom stereocenters. The molecule has 37 heavy (non-hydrogen) atoms. The minimum Gasteiger partial charge on any atom is -0.381 e. The number of likely N-dealkylation sites (tertiary alicyclic amines) is 1. The summed E-state index contributed by atoms with van der Waals surface area (Å²) in [7, 11) is 0. The highest BCUT2D eigenvalue weighted by atomic mass is 16.3. The molecule has 3 aromatic rings. The predicted octanol–water partition coefficient (Wildman–Crippen LogP) is 8.37. The van der Waals surface area contributed by atoms with Crippen molar-refractivity contribution in [3.05, 3.63) is 95.6 Å². The molecule has 2 unspecified atom stereocenters. The van der Waals surface area contributed by atoms with Crippen LogP contribution in [0.1, 0.15) is 87.8 Å². The maximum atomic E-state index is 11.4. The molecule has 1 saturated carbocycles. The molecule has 3 aromatic carbocycles. The highest BCUT2D eigenvalue weighted by Gasteiger charge is 2.27. The van der Waals surface area contributed by atoms with Gasteiger partial charge in [0.05, 0.1) is 0 Å². The van der Waals surface area contributed by atoms with Gasteiger partial charge in [-0.2, -0.15) is 0 Å². The van der Waals surface area contributed by atoms with E-state index >= 15 is 0 Å². The van der Waals surface area contributed by atoms with Gasteiger partial charge in [0.25, 0.3) is 0 Å². The van der Waals surface area contributed by atoms with E-state index in [1.54, 1.807) is 0 Å². The van der Waals surface area contributed by atoms with E-state index < -0.39 is 5.60 Å². The normalized spacial score (nSPS) is 21.0. The second-order valence-electron chi connectivity index (χ2n) is 11.7. The van der Waals surface area contributed by atoms with Gasteiger partial charge in [-0.05, 0) is 91.9 Å². The van der Waals surface area contributed by atoms with Crippen LogP contribution in [0.25, 0.3) is 11.1 Å². The summed E-state index contributed by atoms with van der Waals surface area (Å²) in [5.41, 5.74) is 4.74. The topological polar surface area (TPSA) is 23.5 Å². The Hall–Kier alpha value is -2.42. The summed E-state index contributed by atoms with van der Waals surface area (Å²) >= 11 is 0. The smallest absolute Gasteiger partial charge is 0.112 e. The molecule has 2 heteroatoms. The molecule has 0 spiro atoms. The van der Waals surface area contributed by atoms with Crippen LogP contribution in [0.5, 0.6) is 0 Å². The van der Waals surface area contributed by atoms with Crippen molar-refractivity contribution >= 4 is 0 Å². The van der Waals surface area contributed by atoms with Crippen LogP contribution in [0, 0.1) is 5.92 Å². The molecule has 0 bridgehead atoms. The van der Waals surface area contributed by atoms with Gasteiger partial charge in [0, 0.05) is 6.04 Å². The minimum atomic E-state index is -1.02. The first kappa shape index (κ1) is 26.2. The maximum absolute atomic E-state index is 11.4. The number of rotatable bonds is 9. The van der Waals surface area contributed by atoms with E-state index in [4.69, 9.17) is 0 Å². The Morgan fingerprint density at radius 1 is 0.784 bits per heavy atom. The summed E-state index contributed by atoms with van der Waals surface area (Å²) in [6, 6.07) is 28.2. The molecule has 2 nitrogen and oxygen atoms in total. The zero-order chi connectivity index (χ0) is 25.5. The number of hydrogen-bond donors (Lipinski definition) is 1. The fourth-order valence-electron chi connectivity index (χ4n) is 6.84. The lowest BCUT2D eigenvalue weighted by Gasteiger charge is -2.38. The van der Waals surface area contributed by atoms with Crippen molar-refractivity contribution < 1.29 is 5.11 Å². The first-order valence-electron chi connectivity index (χ1n) is 14.8. The molecule has 1 aliphatic carbocycles. The highest BCUT2D eigenvalue weighted by molar-refractivity contribution is 5.68. The zero-order valence-corrected chi connectivity index (χ0v) is 22.7. The average molecular weight is 496 g/mol. The van der Waals surface area contributed by atoms with Crippen LogP contribution >= 0.6 is 0 Å². The lowest BCUT2D eigenvalue weighted by atomic mass is 9.82. The number of hydrogen-bond acceptors (Lipinski definition) is 2. The van der Waals surface area contributed by atoms with Gasteiger partial charge in [-0.3, -0.25) is 0 Å². The Morgan fingerprint density at radius 2 is 1.51 bits per heavy atom. The molecular formula is C35H45NO. The first-order valence-corrected chi connectivity index (χ1v) is 14.8. The van der Waals surface area contributed by atoms with Gasteiger partial charge >= 0.3 is 0 Å². The van der Waals surface area contributed by atoms with Crippen LogP contribution in [0.4, 0.5) is 0 Å². The largest absolute Gasteiger partial charge is 0.381 e. The molecule has 2 aliphatic rings. The summed E-state index contributed by atoms with van der Waals surface area (Å²) in [6.45, 7) is 4.40. The van der Waals surface area contributed by atoms with Gasteiger partial charge in [-0.25, -0.2) is 0 Å². The third-order valence-corrected chi connectivity index (χ3v) is 9.06. The lowest BCUT2D eigenvalue weighted by Crippen LogP contribution is -2.41. The van der Waals surface area contributed by atoms with E-state index in [0.29, 0.717) is 0 Å². The molecule has 196 valence electrons. The second kappa shape index (κ2) is 12.4. The molecule has 1 N–H and O–H groups in total. The van der Waals surface area contributed by atoms with Gasteiger partial charge in [0.1, 0.15) is 5.60 Å². The van der Waals surface area contributed by atoms with Gasteiger partial charge in [0.15, 0.2) is 0 Å². The molecule has 0 amide bonds. The van der Waals surface area contributed by atoms with Crippen LogP contribution in [0.2, 0.25) is 0 Å². The third-order valence-electron chi connectivity index (χ3n) is 9.06. The van der Waals surface area contributed by atoms with Crippen LogP contribution in [-0.4, -0.2) is 29.1 Å². The maximum Gasteiger partial charge on any atom is 0.112 e. The van der Waals surface area contributed by atoms with Crippen molar-refractivity contribution in [1.82, 2.24) is 4.90 Å². The predicted molar refractivity (Wildman–Crippen MR) is 156 cm³/mol. The number of piperidine rings is 1. The number of aryl methyl sites for hydroxylation is 1. The molecule has 2 fully saturated rings. The Morgan fingerprint density at radius 3 is 2.35 bits per heavy atom. The summed E-state index contributed by atoms with van der Waals surface area (Å²) < 4.78 is 0. The van der Waals surface area contributed by atoms with Crippen LogP contribution in [0.15, 0.2) is 78.9 Å². The number of benzene rings is 3. The quantitative estimate of drug-likeness (QED) is 0.322. The van der Waals surface area contributed by atoms with Crippen molar-refractivity contribution in [2.45, 2.75) is 89.2 Å². The summed E-state index contributed by atoms with van der Waals surface area (Å²) in [4.78, 5) is 2.83.